The lowest BCUT2D eigenvalue weighted by Crippen LogP contribution is -2.35. The van der Waals surface area contributed by atoms with Gasteiger partial charge in [0.1, 0.15) is 6.61 Å². The third kappa shape index (κ3) is 7.49. The normalized spacial score (nSPS) is 12.2. The van der Waals surface area contributed by atoms with Gasteiger partial charge in [0.2, 0.25) is 5.91 Å². The first-order chi connectivity index (χ1) is 6.20. The minimum absolute atomic E-state index is 0.0820. The molecule has 0 aromatic rings. The van der Waals surface area contributed by atoms with E-state index in [-0.39, 0.29) is 18.6 Å². The average molecular weight is 186 g/mol. The van der Waals surface area contributed by atoms with Crippen molar-refractivity contribution < 1.29 is 9.53 Å². The molecule has 0 fully saturated rings. The van der Waals surface area contributed by atoms with Crippen LogP contribution in [-0.4, -0.2) is 31.7 Å². The maximum atomic E-state index is 11.1. The fourth-order valence-corrected chi connectivity index (χ4v) is 0.874. The van der Waals surface area contributed by atoms with E-state index in [1.165, 1.54) is 0 Å². The van der Waals surface area contributed by atoms with Gasteiger partial charge in [0.05, 0.1) is 6.61 Å². The molecule has 0 aliphatic heterocycles. The van der Waals surface area contributed by atoms with Gasteiger partial charge in [-0.3, -0.25) is 4.79 Å². The lowest BCUT2D eigenvalue weighted by atomic mass is 10.2. The summed E-state index contributed by atoms with van der Waals surface area (Å²) in [6.45, 7) is 6.45. The molecule has 76 valence electrons. The molecule has 0 aliphatic carbocycles. The van der Waals surface area contributed by atoms with Crippen LogP contribution in [0.2, 0.25) is 0 Å². The molecule has 0 aliphatic rings. The van der Waals surface area contributed by atoms with Crippen LogP contribution < -0.4 is 11.1 Å². The van der Waals surface area contributed by atoms with Crippen LogP contribution in [0.5, 0.6) is 0 Å². The summed E-state index contributed by atoms with van der Waals surface area (Å²) < 4.78 is 4.96. The molecule has 0 saturated heterocycles. The number of rotatable bonds is 7. The van der Waals surface area contributed by atoms with Gasteiger partial charge in [0.25, 0.3) is 0 Å². The van der Waals surface area contributed by atoms with E-state index in [1.807, 2.05) is 6.92 Å². The van der Waals surface area contributed by atoms with Gasteiger partial charge in [-0.1, -0.05) is 6.08 Å². The maximum absolute atomic E-state index is 11.1. The van der Waals surface area contributed by atoms with Gasteiger partial charge in [-0.2, -0.15) is 0 Å². The molecular weight excluding hydrogens is 168 g/mol. The Balaban J connectivity index is 3.43. The SMILES string of the molecule is C=CCC(C)NC(=O)COCCN. The standard InChI is InChI=1S/C9H18N2O2/c1-3-4-8(2)11-9(12)7-13-6-5-10/h3,8H,1,4-7,10H2,2H3,(H,11,12). The molecule has 3 N–H and O–H groups in total. The highest BCUT2D eigenvalue weighted by Crippen LogP contribution is 1.90. The summed E-state index contributed by atoms with van der Waals surface area (Å²) in [7, 11) is 0. The second kappa shape index (κ2) is 7.76. The summed E-state index contributed by atoms with van der Waals surface area (Å²) in [6.07, 6.45) is 2.54. The van der Waals surface area contributed by atoms with Gasteiger partial charge >= 0.3 is 0 Å². The molecular formula is C9H18N2O2. The predicted molar refractivity (Wildman–Crippen MR) is 52.3 cm³/mol. The summed E-state index contributed by atoms with van der Waals surface area (Å²) in [6, 6.07) is 0.117. The number of hydrogen-bond donors (Lipinski definition) is 2. The van der Waals surface area contributed by atoms with Crippen LogP contribution in [0, 0.1) is 0 Å². The van der Waals surface area contributed by atoms with Gasteiger partial charge in [-0.25, -0.2) is 0 Å². The van der Waals surface area contributed by atoms with Crippen LogP contribution in [0.25, 0.3) is 0 Å². The third-order valence-corrected chi connectivity index (χ3v) is 1.42. The third-order valence-electron chi connectivity index (χ3n) is 1.42. The highest BCUT2D eigenvalue weighted by molar-refractivity contribution is 5.77. The number of nitrogens with one attached hydrogen (secondary N) is 1. The summed E-state index contributed by atoms with van der Waals surface area (Å²) in [5.41, 5.74) is 5.19. The molecule has 0 spiro atoms. The molecule has 13 heavy (non-hydrogen) atoms. The molecule has 0 rings (SSSR count). The fourth-order valence-electron chi connectivity index (χ4n) is 0.874. The molecule has 4 heteroatoms. The molecule has 1 amide bonds. The van der Waals surface area contributed by atoms with E-state index in [0.717, 1.165) is 6.42 Å². The van der Waals surface area contributed by atoms with Crippen LogP contribution in [0.4, 0.5) is 0 Å². The van der Waals surface area contributed by atoms with Gasteiger partial charge < -0.3 is 15.8 Å². The highest BCUT2D eigenvalue weighted by Gasteiger charge is 2.04. The zero-order valence-electron chi connectivity index (χ0n) is 8.08. The second-order valence-electron chi connectivity index (χ2n) is 2.83. The zero-order valence-corrected chi connectivity index (χ0v) is 8.08. The van der Waals surface area contributed by atoms with E-state index in [0.29, 0.717) is 13.2 Å². The Bertz CT molecular complexity index is 160. The summed E-state index contributed by atoms with van der Waals surface area (Å²) in [5.74, 6) is -0.109. The van der Waals surface area contributed by atoms with Gasteiger partial charge in [0.15, 0.2) is 0 Å². The summed E-state index contributed by atoms with van der Waals surface area (Å²) >= 11 is 0. The molecule has 0 radical (unpaired) electrons. The van der Waals surface area contributed by atoms with Crippen molar-refractivity contribution in [3.63, 3.8) is 0 Å². The number of nitrogens with two attached hydrogens (primary N) is 1. The molecule has 0 saturated carbocycles. The minimum Gasteiger partial charge on any atom is -0.370 e. The summed E-state index contributed by atoms with van der Waals surface area (Å²) in [4.78, 5) is 11.1. The van der Waals surface area contributed by atoms with Crippen molar-refractivity contribution in [1.82, 2.24) is 5.32 Å². The van der Waals surface area contributed by atoms with Gasteiger partial charge in [-0.05, 0) is 13.3 Å². The van der Waals surface area contributed by atoms with Crippen molar-refractivity contribution in [1.29, 1.82) is 0 Å². The van der Waals surface area contributed by atoms with Gasteiger partial charge in [0, 0.05) is 12.6 Å². The van der Waals surface area contributed by atoms with E-state index < -0.39 is 0 Å². The molecule has 4 nitrogen and oxygen atoms in total. The van der Waals surface area contributed by atoms with Crippen molar-refractivity contribution in [2.24, 2.45) is 5.73 Å². The Labute approximate surface area is 79.1 Å². The van der Waals surface area contributed by atoms with E-state index >= 15 is 0 Å². The largest absolute Gasteiger partial charge is 0.370 e. The number of carbonyl (C=O) groups is 1. The van der Waals surface area contributed by atoms with Gasteiger partial charge in [-0.15, -0.1) is 6.58 Å². The average Bonchev–Trinajstić information content (AvgIpc) is 2.05. The zero-order chi connectivity index (χ0) is 10.1. The molecule has 0 aromatic carbocycles. The van der Waals surface area contributed by atoms with Crippen LogP contribution in [0.1, 0.15) is 13.3 Å². The van der Waals surface area contributed by atoms with Crippen molar-refractivity contribution in [2.75, 3.05) is 19.8 Å². The topological polar surface area (TPSA) is 64.3 Å². The Kier molecular flexibility index (Phi) is 7.24. The summed E-state index contributed by atoms with van der Waals surface area (Å²) in [5, 5.41) is 2.76. The number of amides is 1. The Hall–Kier alpha value is -0.870. The molecule has 0 aromatic heterocycles. The lowest BCUT2D eigenvalue weighted by molar-refractivity contribution is -0.126. The van der Waals surface area contributed by atoms with Crippen molar-refractivity contribution in [2.45, 2.75) is 19.4 Å². The quantitative estimate of drug-likeness (QED) is 0.436. The van der Waals surface area contributed by atoms with E-state index in [1.54, 1.807) is 6.08 Å². The Morgan fingerprint density at radius 2 is 2.46 bits per heavy atom. The lowest BCUT2D eigenvalue weighted by Gasteiger charge is -2.11. The van der Waals surface area contributed by atoms with Crippen molar-refractivity contribution in [3.05, 3.63) is 12.7 Å². The first kappa shape index (κ1) is 12.1. The van der Waals surface area contributed by atoms with Crippen molar-refractivity contribution in [3.8, 4) is 0 Å². The van der Waals surface area contributed by atoms with Crippen LogP contribution in [0.3, 0.4) is 0 Å². The van der Waals surface area contributed by atoms with E-state index in [9.17, 15) is 4.79 Å². The maximum Gasteiger partial charge on any atom is 0.246 e. The monoisotopic (exact) mass is 186 g/mol. The first-order valence-corrected chi connectivity index (χ1v) is 4.38. The highest BCUT2D eigenvalue weighted by atomic mass is 16.5. The Morgan fingerprint density at radius 1 is 1.77 bits per heavy atom. The van der Waals surface area contributed by atoms with Crippen molar-refractivity contribution >= 4 is 5.91 Å². The number of hydrogen-bond acceptors (Lipinski definition) is 3. The van der Waals surface area contributed by atoms with Crippen LogP contribution in [0.15, 0.2) is 12.7 Å². The molecule has 0 bridgehead atoms. The Morgan fingerprint density at radius 3 is 3.00 bits per heavy atom. The number of carbonyl (C=O) groups excluding carboxylic acids is 1. The number of ether oxygens (including phenoxy) is 1. The van der Waals surface area contributed by atoms with E-state index in [4.69, 9.17) is 10.5 Å². The smallest absolute Gasteiger partial charge is 0.246 e. The van der Waals surface area contributed by atoms with Crippen LogP contribution in [-0.2, 0) is 9.53 Å². The second-order valence-corrected chi connectivity index (χ2v) is 2.83. The molecule has 0 heterocycles. The predicted octanol–water partition coefficient (Wildman–Crippen LogP) is 0.0425. The minimum atomic E-state index is -0.109. The first-order valence-electron chi connectivity index (χ1n) is 4.38. The van der Waals surface area contributed by atoms with Crippen LogP contribution >= 0.6 is 0 Å². The fraction of sp³-hybridized carbons (Fsp3) is 0.667. The molecule has 1 atom stereocenters. The van der Waals surface area contributed by atoms with E-state index in [2.05, 4.69) is 11.9 Å². The molecule has 1 unspecified atom stereocenters.